The van der Waals surface area contributed by atoms with Gasteiger partial charge in [0.1, 0.15) is 11.3 Å². The van der Waals surface area contributed by atoms with Gasteiger partial charge in [-0.1, -0.05) is 36.4 Å². The number of carbonyl (C=O) groups is 3. The van der Waals surface area contributed by atoms with Crippen molar-refractivity contribution in [3.8, 4) is 17.1 Å². The van der Waals surface area contributed by atoms with Crippen LogP contribution < -0.4 is 5.32 Å². The summed E-state index contributed by atoms with van der Waals surface area (Å²) >= 11 is 0. The average molecular weight is 459 g/mol. The average Bonchev–Trinajstić information content (AvgIpc) is 3.46. The van der Waals surface area contributed by atoms with Crippen LogP contribution in [-0.4, -0.2) is 41.0 Å². The van der Waals surface area contributed by atoms with Crippen LogP contribution in [0.25, 0.3) is 34.2 Å². The van der Waals surface area contributed by atoms with E-state index in [9.17, 15) is 14.4 Å². The molecule has 0 aliphatic carbocycles. The van der Waals surface area contributed by atoms with E-state index >= 15 is 0 Å². The van der Waals surface area contributed by atoms with Crippen LogP contribution in [0.5, 0.6) is 0 Å². The van der Waals surface area contributed by atoms with Crippen molar-refractivity contribution < 1.29 is 28.3 Å². The summed E-state index contributed by atoms with van der Waals surface area (Å²) in [6.45, 7) is 1.10. The predicted molar refractivity (Wildman–Crippen MR) is 124 cm³/mol. The Balaban J connectivity index is 1.54. The predicted octanol–water partition coefficient (Wildman–Crippen LogP) is 4.11. The number of furan rings is 1. The maximum atomic E-state index is 12.1. The molecule has 0 unspecified atom stereocenters. The zero-order chi connectivity index (χ0) is 23.9. The second-order valence-corrected chi connectivity index (χ2v) is 7.07. The number of hydrogen-bond donors (Lipinski definition) is 1. The number of benzene rings is 2. The number of amides is 2. The number of hydrogen-bond acceptors (Lipinski definition) is 7. The Hall–Kier alpha value is -4.66. The van der Waals surface area contributed by atoms with Crippen molar-refractivity contribution in [2.45, 2.75) is 6.92 Å². The van der Waals surface area contributed by atoms with Crippen LogP contribution in [0.15, 0.2) is 77.4 Å². The van der Waals surface area contributed by atoms with Crippen molar-refractivity contribution in [1.29, 1.82) is 0 Å². The monoisotopic (exact) mass is 459 g/mol. The van der Waals surface area contributed by atoms with Crippen molar-refractivity contribution in [2.75, 3.05) is 13.2 Å². The van der Waals surface area contributed by atoms with Crippen molar-refractivity contribution >= 4 is 35.0 Å². The number of carbonyl (C=O) groups excluding carboxylic acids is 3. The molecule has 2 amide bonds. The lowest BCUT2D eigenvalue weighted by atomic mass is 10.2. The van der Waals surface area contributed by atoms with E-state index in [1.165, 1.54) is 12.2 Å². The lowest BCUT2D eigenvalue weighted by molar-refractivity contribution is -0.143. The number of alkyl carbamates (subject to hydrolysis) is 1. The Morgan fingerprint density at radius 3 is 2.59 bits per heavy atom. The first kappa shape index (κ1) is 22.5. The molecular weight excluding hydrogens is 438 g/mol. The van der Waals surface area contributed by atoms with Gasteiger partial charge in [-0.3, -0.25) is 10.1 Å². The topological polar surface area (TPSA) is 113 Å². The summed E-state index contributed by atoms with van der Waals surface area (Å²) in [5, 5.41) is 7.52. The lowest BCUT2D eigenvalue weighted by Crippen LogP contribution is -2.34. The zero-order valence-electron chi connectivity index (χ0n) is 18.3. The number of esters is 1. The number of nitrogens with one attached hydrogen (secondary N) is 1. The van der Waals surface area contributed by atoms with Gasteiger partial charge in [0, 0.05) is 23.2 Å². The summed E-state index contributed by atoms with van der Waals surface area (Å²) < 4.78 is 17.1. The molecule has 4 rings (SSSR count). The molecule has 2 aromatic heterocycles. The molecule has 0 saturated carbocycles. The first-order valence-electron chi connectivity index (χ1n) is 10.5. The molecule has 172 valence electrons. The van der Waals surface area contributed by atoms with Crippen LogP contribution in [0.3, 0.4) is 0 Å². The highest BCUT2D eigenvalue weighted by atomic mass is 16.6. The fourth-order valence-corrected chi connectivity index (χ4v) is 3.17. The van der Waals surface area contributed by atoms with E-state index in [4.69, 9.17) is 9.15 Å². The molecule has 0 atom stereocenters. The molecule has 2 heterocycles. The number of aromatic nitrogens is 2. The zero-order valence-corrected chi connectivity index (χ0v) is 18.3. The second kappa shape index (κ2) is 10.3. The van der Waals surface area contributed by atoms with Gasteiger partial charge in [-0.2, -0.15) is 5.10 Å². The number of fused-ring (bicyclic) bond motifs is 1. The van der Waals surface area contributed by atoms with Crippen LogP contribution in [0, 0.1) is 0 Å². The number of nitrogens with zero attached hydrogens (tertiary/aromatic N) is 2. The summed E-state index contributed by atoms with van der Waals surface area (Å²) in [6, 6.07) is 19.0. The molecule has 1 N–H and O–H groups in total. The standard InChI is InChI=1S/C25H21N3O6/c1-2-32-25(31)26-22(29)16-33-23(30)13-12-18-15-28(19-9-4-3-5-10-19)27-24(18)21-14-17-8-6-7-11-20(17)34-21/h3-15H,2,16H2,1H3,(H,26,29,31)/b13-12-. The molecule has 0 bridgehead atoms. The van der Waals surface area contributed by atoms with E-state index < -0.39 is 24.6 Å². The number of ether oxygens (including phenoxy) is 2. The Morgan fingerprint density at radius 2 is 1.82 bits per heavy atom. The van der Waals surface area contributed by atoms with Crippen molar-refractivity contribution in [3.05, 3.63) is 78.5 Å². The normalized spacial score (nSPS) is 11.0. The summed E-state index contributed by atoms with van der Waals surface area (Å²) in [4.78, 5) is 35.0. The molecule has 0 saturated heterocycles. The Bertz CT molecular complexity index is 1320. The molecule has 4 aromatic rings. The summed E-state index contributed by atoms with van der Waals surface area (Å²) in [7, 11) is 0. The van der Waals surface area contributed by atoms with Crippen LogP contribution in [0.1, 0.15) is 12.5 Å². The Morgan fingerprint density at radius 1 is 1.06 bits per heavy atom. The third-order valence-corrected chi connectivity index (χ3v) is 4.68. The third-order valence-electron chi connectivity index (χ3n) is 4.68. The van der Waals surface area contributed by atoms with Crippen LogP contribution in [-0.2, 0) is 19.1 Å². The second-order valence-electron chi connectivity index (χ2n) is 7.07. The maximum absolute atomic E-state index is 12.1. The molecule has 0 fully saturated rings. The number of rotatable bonds is 7. The van der Waals surface area contributed by atoms with Crippen LogP contribution in [0.2, 0.25) is 0 Å². The van der Waals surface area contributed by atoms with Gasteiger partial charge >= 0.3 is 12.1 Å². The molecule has 9 heteroatoms. The quantitative estimate of drug-likeness (QED) is 0.327. The summed E-state index contributed by atoms with van der Waals surface area (Å²) in [5.74, 6) is -1.01. The maximum Gasteiger partial charge on any atom is 0.413 e. The van der Waals surface area contributed by atoms with E-state index in [0.29, 0.717) is 22.6 Å². The molecular formula is C25H21N3O6. The van der Waals surface area contributed by atoms with Crippen molar-refractivity contribution in [2.24, 2.45) is 0 Å². The molecule has 34 heavy (non-hydrogen) atoms. The Labute approximate surface area is 194 Å². The Kier molecular flexibility index (Phi) is 6.83. The lowest BCUT2D eigenvalue weighted by Gasteiger charge is -2.03. The van der Waals surface area contributed by atoms with Gasteiger partial charge in [-0.05, 0) is 37.3 Å². The molecule has 2 aromatic carbocycles. The SMILES string of the molecule is CCOC(=O)NC(=O)COC(=O)/C=C\c1cn(-c2ccccc2)nc1-c1cc2ccccc2o1. The van der Waals surface area contributed by atoms with Gasteiger partial charge in [0.2, 0.25) is 0 Å². The van der Waals surface area contributed by atoms with E-state index in [2.05, 4.69) is 9.84 Å². The summed E-state index contributed by atoms with van der Waals surface area (Å²) in [5.41, 5.74) is 2.69. The first-order valence-corrected chi connectivity index (χ1v) is 10.5. The fourth-order valence-electron chi connectivity index (χ4n) is 3.17. The van der Waals surface area contributed by atoms with E-state index in [-0.39, 0.29) is 6.61 Å². The minimum atomic E-state index is -0.900. The van der Waals surface area contributed by atoms with Crippen LogP contribution in [0.4, 0.5) is 4.79 Å². The molecule has 0 spiro atoms. The number of imide groups is 1. The fraction of sp³-hybridized carbons (Fsp3) is 0.120. The largest absolute Gasteiger partial charge is 0.454 e. The first-order chi connectivity index (χ1) is 16.5. The van der Waals surface area contributed by atoms with Gasteiger partial charge in [0.25, 0.3) is 5.91 Å². The van der Waals surface area contributed by atoms with Crippen molar-refractivity contribution in [3.63, 3.8) is 0 Å². The van der Waals surface area contributed by atoms with Gasteiger partial charge in [-0.25, -0.2) is 14.3 Å². The minimum Gasteiger partial charge on any atom is -0.454 e. The van der Waals surface area contributed by atoms with E-state index in [1.807, 2.05) is 66.0 Å². The summed E-state index contributed by atoms with van der Waals surface area (Å²) in [6.07, 6.45) is 3.56. The highest BCUT2D eigenvalue weighted by Crippen LogP contribution is 2.30. The van der Waals surface area contributed by atoms with Gasteiger partial charge in [-0.15, -0.1) is 0 Å². The van der Waals surface area contributed by atoms with E-state index in [0.717, 1.165) is 11.1 Å². The molecule has 0 radical (unpaired) electrons. The van der Waals surface area contributed by atoms with Crippen LogP contribution >= 0.6 is 0 Å². The molecule has 9 nitrogen and oxygen atoms in total. The minimum absolute atomic E-state index is 0.117. The van der Waals surface area contributed by atoms with E-state index in [1.54, 1.807) is 17.8 Å². The number of para-hydroxylation sites is 2. The highest BCUT2D eigenvalue weighted by molar-refractivity contribution is 5.95. The van der Waals surface area contributed by atoms with Gasteiger partial charge < -0.3 is 13.9 Å². The smallest absolute Gasteiger partial charge is 0.413 e. The molecule has 0 aliphatic heterocycles. The highest BCUT2D eigenvalue weighted by Gasteiger charge is 2.16. The molecule has 0 aliphatic rings. The third kappa shape index (κ3) is 5.39. The van der Waals surface area contributed by atoms with Gasteiger partial charge in [0.15, 0.2) is 12.4 Å². The van der Waals surface area contributed by atoms with Gasteiger partial charge in [0.05, 0.1) is 12.3 Å². The van der Waals surface area contributed by atoms with Crippen molar-refractivity contribution in [1.82, 2.24) is 15.1 Å².